The molecule has 1 aromatic carbocycles. The lowest BCUT2D eigenvalue weighted by atomic mass is 9.94. The number of nitro groups is 1. The summed E-state index contributed by atoms with van der Waals surface area (Å²) in [6.07, 6.45) is 1.29. The number of piperidine rings is 1. The number of hydrogen-bond acceptors (Lipinski definition) is 5. The number of non-ortho nitro benzene ring substituents is 1. The first-order valence-corrected chi connectivity index (χ1v) is 6.77. The molecule has 8 heteroatoms. The first-order chi connectivity index (χ1) is 9.71. The average molecular weight is 315 g/mol. The molecule has 1 heterocycles. The molecule has 1 aromatic rings. The number of benzene rings is 1. The molecule has 1 fully saturated rings. The predicted octanol–water partition coefficient (Wildman–Crippen LogP) is 2.30. The van der Waals surface area contributed by atoms with Crippen molar-refractivity contribution in [3.05, 3.63) is 32.8 Å². The van der Waals surface area contributed by atoms with E-state index < -0.39 is 16.5 Å². The van der Waals surface area contributed by atoms with Crippen LogP contribution in [0.4, 0.5) is 11.4 Å². The summed E-state index contributed by atoms with van der Waals surface area (Å²) in [6, 6.07) is 2.12. The molecule has 1 atom stereocenters. The maximum atomic E-state index is 11.4. The van der Waals surface area contributed by atoms with E-state index in [-0.39, 0.29) is 28.5 Å². The van der Waals surface area contributed by atoms with Crippen LogP contribution >= 0.6 is 11.6 Å². The number of aromatic carboxylic acids is 1. The van der Waals surface area contributed by atoms with Gasteiger partial charge in [-0.3, -0.25) is 10.1 Å². The highest BCUT2D eigenvalue weighted by molar-refractivity contribution is 6.34. The zero-order chi connectivity index (χ0) is 15.8. The molecule has 2 N–H and O–H groups in total. The van der Waals surface area contributed by atoms with Crippen LogP contribution in [0.15, 0.2) is 12.1 Å². The summed E-state index contributed by atoms with van der Waals surface area (Å²) in [5.74, 6) is -1.29. The minimum absolute atomic E-state index is 0.000648. The van der Waals surface area contributed by atoms with Crippen LogP contribution < -0.4 is 4.90 Å². The fourth-order valence-electron chi connectivity index (χ4n) is 2.59. The number of aliphatic hydroxyl groups is 1. The largest absolute Gasteiger partial charge is 0.478 e. The third kappa shape index (κ3) is 3.25. The second kappa shape index (κ2) is 5.50. The molecular formula is C13H15ClN2O5. The Kier molecular flexibility index (Phi) is 4.06. The molecule has 7 nitrogen and oxygen atoms in total. The van der Waals surface area contributed by atoms with Gasteiger partial charge in [-0.25, -0.2) is 4.79 Å². The maximum Gasteiger partial charge on any atom is 0.338 e. The normalized spacial score (nSPS) is 22.1. The van der Waals surface area contributed by atoms with Crippen molar-refractivity contribution in [2.24, 2.45) is 0 Å². The molecule has 1 aliphatic rings. The van der Waals surface area contributed by atoms with Crippen LogP contribution in [0.3, 0.4) is 0 Å². The first-order valence-electron chi connectivity index (χ1n) is 6.40. The van der Waals surface area contributed by atoms with Gasteiger partial charge in [0, 0.05) is 25.2 Å². The van der Waals surface area contributed by atoms with Gasteiger partial charge in [-0.2, -0.15) is 0 Å². The molecule has 0 amide bonds. The summed E-state index contributed by atoms with van der Waals surface area (Å²) in [5, 5.41) is 30.2. The molecule has 0 radical (unpaired) electrons. The van der Waals surface area contributed by atoms with Crippen LogP contribution in [0.1, 0.15) is 30.1 Å². The highest BCUT2D eigenvalue weighted by atomic mass is 35.5. The third-order valence-corrected chi connectivity index (χ3v) is 3.77. The van der Waals surface area contributed by atoms with Crippen LogP contribution in [-0.4, -0.2) is 39.8 Å². The molecule has 0 aliphatic carbocycles. The van der Waals surface area contributed by atoms with E-state index >= 15 is 0 Å². The fraction of sp³-hybridized carbons (Fsp3) is 0.462. The zero-order valence-corrected chi connectivity index (χ0v) is 12.1. The van der Waals surface area contributed by atoms with E-state index in [0.29, 0.717) is 19.4 Å². The van der Waals surface area contributed by atoms with Gasteiger partial charge in [0.2, 0.25) is 0 Å². The Labute approximate surface area is 125 Å². The van der Waals surface area contributed by atoms with Crippen molar-refractivity contribution in [2.75, 3.05) is 18.0 Å². The quantitative estimate of drug-likeness (QED) is 0.655. The standard InChI is InChI=1S/C13H15ClN2O5/c1-13(19)3-2-4-15(7-13)11-9(12(17)18)5-8(16(20)21)6-10(11)14/h5-6,19H,2-4,7H2,1H3,(H,17,18). The van der Waals surface area contributed by atoms with Gasteiger partial charge in [0.05, 0.1) is 26.8 Å². The van der Waals surface area contributed by atoms with Gasteiger partial charge in [-0.1, -0.05) is 11.6 Å². The number of carboxylic acid groups (broad SMARTS) is 1. The number of β-amino-alcohol motifs (C(OH)–C–C–N with tert-alkyl or cyclic N) is 1. The number of halogens is 1. The second-order valence-corrected chi connectivity index (χ2v) is 5.82. The molecule has 0 bridgehead atoms. The van der Waals surface area contributed by atoms with Gasteiger partial charge in [-0.15, -0.1) is 0 Å². The van der Waals surface area contributed by atoms with Crippen molar-refractivity contribution in [2.45, 2.75) is 25.4 Å². The van der Waals surface area contributed by atoms with Crippen LogP contribution in [0.2, 0.25) is 5.02 Å². The number of rotatable bonds is 3. The third-order valence-electron chi connectivity index (χ3n) is 3.48. The van der Waals surface area contributed by atoms with Gasteiger partial charge in [0.1, 0.15) is 0 Å². The highest BCUT2D eigenvalue weighted by Crippen LogP contribution is 2.37. The SMILES string of the molecule is CC1(O)CCCN(c2c(Cl)cc([N+](=O)[O-])cc2C(=O)O)C1. The van der Waals surface area contributed by atoms with Gasteiger partial charge in [0.15, 0.2) is 0 Å². The molecule has 0 aromatic heterocycles. The molecule has 2 rings (SSSR count). The molecule has 1 unspecified atom stereocenters. The number of carboxylic acids is 1. The van der Waals surface area contributed by atoms with Gasteiger partial charge in [-0.05, 0) is 19.8 Å². The Bertz CT molecular complexity index is 602. The minimum Gasteiger partial charge on any atom is -0.478 e. The number of nitro benzene ring substituents is 1. The van der Waals surface area contributed by atoms with E-state index in [1.807, 2.05) is 0 Å². The highest BCUT2D eigenvalue weighted by Gasteiger charge is 2.32. The monoisotopic (exact) mass is 314 g/mol. The summed E-state index contributed by atoms with van der Waals surface area (Å²) in [7, 11) is 0. The summed E-state index contributed by atoms with van der Waals surface area (Å²) >= 11 is 6.06. The predicted molar refractivity (Wildman–Crippen MR) is 77.1 cm³/mol. The molecule has 114 valence electrons. The lowest BCUT2D eigenvalue weighted by molar-refractivity contribution is -0.384. The van der Waals surface area contributed by atoms with Crippen LogP contribution in [0.25, 0.3) is 0 Å². The number of nitrogens with zero attached hydrogens (tertiary/aromatic N) is 2. The zero-order valence-electron chi connectivity index (χ0n) is 11.4. The van der Waals surface area contributed by atoms with Crippen LogP contribution in [0.5, 0.6) is 0 Å². The van der Waals surface area contributed by atoms with Crippen molar-refractivity contribution in [3.8, 4) is 0 Å². The van der Waals surface area contributed by atoms with Crippen LogP contribution in [0, 0.1) is 10.1 Å². The summed E-state index contributed by atoms with van der Waals surface area (Å²) in [6.45, 7) is 2.43. The molecule has 1 saturated heterocycles. The molecule has 1 aliphatic heterocycles. The van der Waals surface area contributed by atoms with E-state index in [1.54, 1.807) is 11.8 Å². The van der Waals surface area contributed by atoms with Crippen molar-refractivity contribution in [1.29, 1.82) is 0 Å². The molecule has 21 heavy (non-hydrogen) atoms. The topological polar surface area (TPSA) is 104 Å². The van der Waals surface area contributed by atoms with Crippen molar-refractivity contribution in [3.63, 3.8) is 0 Å². The van der Waals surface area contributed by atoms with E-state index in [4.69, 9.17) is 11.6 Å². The fourth-order valence-corrected chi connectivity index (χ4v) is 2.92. The number of hydrogen-bond donors (Lipinski definition) is 2. The van der Waals surface area contributed by atoms with Crippen molar-refractivity contribution >= 4 is 28.9 Å². The minimum atomic E-state index is -1.29. The summed E-state index contributed by atoms with van der Waals surface area (Å²) in [5.41, 5.74) is -1.33. The van der Waals surface area contributed by atoms with Gasteiger partial charge < -0.3 is 15.1 Å². The summed E-state index contributed by atoms with van der Waals surface area (Å²) in [4.78, 5) is 23.2. The van der Waals surface area contributed by atoms with E-state index in [1.165, 1.54) is 0 Å². The van der Waals surface area contributed by atoms with Crippen LogP contribution in [-0.2, 0) is 0 Å². The van der Waals surface area contributed by atoms with Gasteiger partial charge in [0.25, 0.3) is 5.69 Å². The number of anilines is 1. The summed E-state index contributed by atoms with van der Waals surface area (Å²) < 4.78 is 0. The van der Waals surface area contributed by atoms with E-state index in [2.05, 4.69) is 0 Å². The van der Waals surface area contributed by atoms with E-state index in [9.17, 15) is 25.1 Å². The Hall–Kier alpha value is -1.86. The average Bonchev–Trinajstić information content (AvgIpc) is 2.36. The number of carbonyl (C=O) groups is 1. The van der Waals surface area contributed by atoms with Crippen molar-refractivity contribution in [1.82, 2.24) is 0 Å². The lowest BCUT2D eigenvalue weighted by Gasteiger charge is -2.39. The smallest absolute Gasteiger partial charge is 0.338 e. The molecular weight excluding hydrogens is 300 g/mol. The lowest BCUT2D eigenvalue weighted by Crippen LogP contribution is -2.46. The maximum absolute atomic E-state index is 11.4. The van der Waals surface area contributed by atoms with Gasteiger partial charge >= 0.3 is 5.97 Å². The Morgan fingerprint density at radius 3 is 2.71 bits per heavy atom. The van der Waals surface area contributed by atoms with Crippen molar-refractivity contribution < 1.29 is 19.9 Å². The Balaban J connectivity index is 2.52. The Morgan fingerprint density at radius 2 is 2.19 bits per heavy atom. The first kappa shape index (κ1) is 15.5. The van der Waals surface area contributed by atoms with E-state index in [0.717, 1.165) is 12.1 Å². The second-order valence-electron chi connectivity index (χ2n) is 5.41. The molecule has 0 saturated carbocycles. The molecule has 0 spiro atoms. The Morgan fingerprint density at radius 1 is 1.52 bits per heavy atom.